The lowest BCUT2D eigenvalue weighted by molar-refractivity contribution is -0.137. The summed E-state index contributed by atoms with van der Waals surface area (Å²) in [5.41, 5.74) is 1.36. The molecule has 1 saturated heterocycles. The number of alkyl halides is 3. The van der Waals surface area contributed by atoms with Crippen molar-refractivity contribution in [3.63, 3.8) is 0 Å². The van der Waals surface area contributed by atoms with Crippen LogP contribution in [0.1, 0.15) is 41.1 Å². The summed E-state index contributed by atoms with van der Waals surface area (Å²) in [6.07, 6.45) is -1.68. The molecular formula is C23H19F4N5. The molecular weight excluding hydrogens is 422 g/mol. The van der Waals surface area contributed by atoms with E-state index in [4.69, 9.17) is 5.26 Å². The topological polar surface area (TPSA) is 64.8 Å². The summed E-state index contributed by atoms with van der Waals surface area (Å²) in [7, 11) is 0. The standard InChI is InChI=1S/C23H19F4N5/c24-20-21(29-13-16-5-3-15(12-28)4-6-16)30-14-31-22(20)32-11-1-2-19(32)17-7-9-18(10-8-17)23(25,26)27/h3-10,14,19H,1-2,11,13H2,(H,29,30,31). The van der Waals surface area contributed by atoms with Gasteiger partial charge in [0.05, 0.1) is 23.2 Å². The summed E-state index contributed by atoms with van der Waals surface area (Å²) in [6, 6.07) is 13.6. The van der Waals surface area contributed by atoms with Gasteiger partial charge in [0.15, 0.2) is 11.6 Å². The van der Waals surface area contributed by atoms with Crippen molar-refractivity contribution >= 4 is 11.6 Å². The molecule has 32 heavy (non-hydrogen) atoms. The molecule has 1 atom stereocenters. The van der Waals surface area contributed by atoms with Crippen molar-refractivity contribution in [3.05, 3.63) is 82.9 Å². The van der Waals surface area contributed by atoms with Gasteiger partial charge in [-0.05, 0) is 48.2 Å². The molecule has 1 fully saturated rings. The van der Waals surface area contributed by atoms with Gasteiger partial charge in [0, 0.05) is 13.1 Å². The van der Waals surface area contributed by atoms with Crippen LogP contribution in [-0.2, 0) is 12.7 Å². The number of nitrogens with zero attached hydrogens (tertiary/aromatic N) is 4. The lowest BCUT2D eigenvalue weighted by Crippen LogP contribution is -2.25. The Morgan fingerprint density at radius 1 is 1.06 bits per heavy atom. The molecule has 0 bridgehead atoms. The van der Waals surface area contributed by atoms with Crippen LogP contribution in [0.25, 0.3) is 0 Å². The third-order valence-electron chi connectivity index (χ3n) is 5.46. The van der Waals surface area contributed by atoms with Crippen LogP contribution in [0.2, 0.25) is 0 Å². The normalized spacial score (nSPS) is 16.1. The second-order valence-electron chi connectivity index (χ2n) is 7.49. The SMILES string of the molecule is N#Cc1ccc(CNc2ncnc(N3CCCC3c3ccc(C(F)(F)F)cc3)c2F)cc1. The molecule has 3 aromatic rings. The predicted molar refractivity (Wildman–Crippen MR) is 111 cm³/mol. The summed E-state index contributed by atoms with van der Waals surface area (Å²) in [5.74, 6) is -0.456. The van der Waals surface area contributed by atoms with Crippen LogP contribution in [0.3, 0.4) is 0 Å². The Bertz CT molecular complexity index is 1120. The van der Waals surface area contributed by atoms with Crippen LogP contribution < -0.4 is 10.2 Å². The molecule has 0 radical (unpaired) electrons. The molecule has 0 aliphatic carbocycles. The van der Waals surface area contributed by atoms with Gasteiger partial charge < -0.3 is 10.2 Å². The molecule has 4 rings (SSSR count). The molecule has 0 amide bonds. The maximum atomic E-state index is 15.2. The highest BCUT2D eigenvalue weighted by Gasteiger charge is 2.33. The third kappa shape index (κ3) is 4.49. The Hall–Kier alpha value is -3.67. The fourth-order valence-corrected chi connectivity index (χ4v) is 3.83. The van der Waals surface area contributed by atoms with Gasteiger partial charge >= 0.3 is 6.18 Å². The number of nitrogens with one attached hydrogen (secondary N) is 1. The van der Waals surface area contributed by atoms with E-state index in [-0.39, 0.29) is 17.7 Å². The van der Waals surface area contributed by atoms with Crippen LogP contribution in [0, 0.1) is 17.1 Å². The van der Waals surface area contributed by atoms with Crippen LogP contribution in [0.15, 0.2) is 54.9 Å². The van der Waals surface area contributed by atoms with Gasteiger partial charge in [0.25, 0.3) is 0 Å². The zero-order valence-electron chi connectivity index (χ0n) is 16.9. The molecule has 1 N–H and O–H groups in total. The van der Waals surface area contributed by atoms with Gasteiger partial charge in [-0.2, -0.15) is 22.8 Å². The number of aromatic nitrogens is 2. The van der Waals surface area contributed by atoms with Gasteiger partial charge in [0.2, 0.25) is 5.82 Å². The van der Waals surface area contributed by atoms with Gasteiger partial charge in [-0.25, -0.2) is 9.97 Å². The van der Waals surface area contributed by atoms with Crippen LogP contribution >= 0.6 is 0 Å². The Morgan fingerprint density at radius 3 is 2.44 bits per heavy atom. The van der Waals surface area contributed by atoms with E-state index in [2.05, 4.69) is 15.3 Å². The van der Waals surface area contributed by atoms with E-state index in [9.17, 15) is 13.2 Å². The molecule has 0 spiro atoms. The number of anilines is 2. The van der Waals surface area contributed by atoms with Crippen LogP contribution in [-0.4, -0.2) is 16.5 Å². The van der Waals surface area contributed by atoms with E-state index in [1.165, 1.54) is 18.5 Å². The second-order valence-corrected chi connectivity index (χ2v) is 7.49. The van der Waals surface area contributed by atoms with E-state index in [0.29, 0.717) is 30.6 Å². The highest BCUT2D eigenvalue weighted by atomic mass is 19.4. The summed E-state index contributed by atoms with van der Waals surface area (Å²) in [4.78, 5) is 9.88. The van der Waals surface area contributed by atoms with Crippen molar-refractivity contribution in [1.82, 2.24) is 9.97 Å². The third-order valence-corrected chi connectivity index (χ3v) is 5.46. The van der Waals surface area contributed by atoms with Crippen molar-refractivity contribution in [3.8, 4) is 6.07 Å². The molecule has 9 heteroatoms. The monoisotopic (exact) mass is 441 g/mol. The van der Waals surface area contributed by atoms with Crippen LogP contribution in [0.5, 0.6) is 0 Å². The zero-order chi connectivity index (χ0) is 22.7. The lowest BCUT2D eigenvalue weighted by atomic mass is 10.0. The molecule has 164 valence electrons. The number of rotatable bonds is 5. The molecule has 1 aliphatic heterocycles. The average Bonchev–Trinajstić information content (AvgIpc) is 3.28. The average molecular weight is 441 g/mol. The summed E-state index contributed by atoms with van der Waals surface area (Å²) >= 11 is 0. The number of halogens is 4. The van der Waals surface area contributed by atoms with Crippen molar-refractivity contribution in [1.29, 1.82) is 5.26 Å². The first kappa shape index (κ1) is 21.6. The maximum absolute atomic E-state index is 15.2. The summed E-state index contributed by atoms with van der Waals surface area (Å²) < 4.78 is 53.8. The van der Waals surface area contributed by atoms with Gasteiger partial charge in [0.1, 0.15) is 6.33 Å². The lowest BCUT2D eigenvalue weighted by Gasteiger charge is -2.27. The first-order chi connectivity index (χ1) is 15.4. The first-order valence-electron chi connectivity index (χ1n) is 10.0. The van der Waals surface area contributed by atoms with Crippen molar-refractivity contribution < 1.29 is 17.6 Å². The van der Waals surface area contributed by atoms with E-state index in [1.807, 2.05) is 6.07 Å². The number of nitriles is 1. The highest BCUT2D eigenvalue weighted by Crippen LogP contribution is 2.38. The molecule has 1 aliphatic rings. The molecule has 2 aromatic carbocycles. The minimum atomic E-state index is -4.40. The quantitative estimate of drug-likeness (QED) is 0.533. The fraction of sp³-hybridized carbons (Fsp3) is 0.261. The molecule has 0 saturated carbocycles. The van der Waals surface area contributed by atoms with E-state index in [0.717, 1.165) is 24.1 Å². The van der Waals surface area contributed by atoms with E-state index < -0.39 is 17.6 Å². The van der Waals surface area contributed by atoms with Crippen molar-refractivity contribution in [2.75, 3.05) is 16.8 Å². The first-order valence-corrected chi connectivity index (χ1v) is 10.0. The summed E-state index contributed by atoms with van der Waals surface area (Å²) in [6.45, 7) is 0.843. The van der Waals surface area contributed by atoms with Crippen LogP contribution in [0.4, 0.5) is 29.2 Å². The van der Waals surface area contributed by atoms with Gasteiger partial charge in [-0.1, -0.05) is 24.3 Å². The second kappa shape index (κ2) is 8.83. The molecule has 1 aromatic heterocycles. The van der Waals surface area contributed by atoms with Gasteiger partial charge in [-0.3, -0.25) is 0 Å². The predicted octanol–water partition coefficient (Wildman–Crippen LogP) is 5.46. The fourth-order valence-electron chi connectivity index (χ4n) is 3.83. The Balaban J connectivity index is 1.53. The number of hydrogen-bond acceptors (Lipinski definition) is 5. The smallest absolute Gasteiger partial charge is 0.363 e. The van der Waals surface area contributed by atoms with E-state index >= 15 is 4.39 Å². The van der Waals surface area contributed by atoms with Gasteiger partial charge in [-0.15, -0.1) is 0 Å². The number of hydrogen-bond donors (Lipinski definition) is 1. The Labute approximate surface area is 182 Å². The molecule has 2 heterocycles. The van der Waals surface area contributed by atoms with Crippen molar-refractivity contribution in [2.45, 2.75) is 31.6 Å². The van der Waals surface area contributed by atoms with Crippen molar-refractivity contribution in [2.24, 2.45) is 0 Å². The zero-order valence-corrected chi connectivity index (χ0v) is 16.9. The highest BCUT2D eigenvalue weighted by molar-refractivity contribution is 5.53. The van der Waals surface area contributed by atoms with E-state index in [1.54, 1.807) is 29.2 Å². The maximum Gasteiger partial charge on any atom is 0.416 e. The minimum Gasteiger partial charge on any atom is -0.363 e. The molecule has 5 nitrogen and oxygen atoms in total. The number of benzene rings is 2. The minimum absolute atomic E-state index is 0.0393. The largest absolute Gasteiger partial charge is 0.416 e. The Morgan fingerprint density at radius 2 is 1.78 bits per heavy atom. The summed E-state index contributed by atoms with van der Waals surface area (Å²) in [5, 5.41) is 11.8. The Kier molecular flexibility index (Phi) is 5.95. The molecule has 1 unspecified atom stereocenters.